The fraction of sp³-hybridized carbons (Fsp3) is 0.417. The molecule has 0 saturated heterocycles. The zero-order valence-electron chi connectivity index (χ0n) is 9.61. The normalized spacial score (nSPS) is 15.2. The highest BCUT2D eigenvalue weighted by Crippen LogP contribution is 2.32. The molecule has 100 valence electrons. The number of carboxylic acids is 1. The van der Waals surface area contributed by atoms with Gasteiger partial charge in [0.1, 0.15) is 0 Å². The van der Waals surface area contributed by atoms with Crippen molar-refractivity contribution < 1.29 is 28.2 Å². The number of hydrogen-bond donors (Lipinski definition) is 2. The van der Waals surface area contributed by atoms with Gasteiger partial charge >= 0.3 is 12.1 Å². The molecular weight excluding hydrogens is 249 g/mol. The van der Waals surface area contributed by atoms with E-state index in [1.807, 2.05) is 0 Å². The summed E-state index contributed by atoms with van der Waals surface area (Å²) in [7, 11) is 0. The fourth-order valence-corrected chi connectivity index (χ4v) is 1.52. The van der Waals surface area contributed by atoms with Crippen LogP contribution in [0.3, 0.4) is 0 Å². The van der Waals surface area contributed by atoms with Crippen LogP contribution in [0.15, 0.2) is 24.3 Å². The van der Waals surface area contributed by atoms with Crippen molar-refractivity contribution in [3.8, 4) is 0 Å². The number of hydrogen-bond acceptors (Lipinski definition) is 2. The number of halogens is 3. The van der Waals surface area contributed by atoms with E-state index in [1.54, 1.807) is 0 Å². The summed E-state index contributed by atoms with van der Waals surface area (Å²) in [5.41, 5.74) is 0.170. The summed E-state index contributed by atoms with van der Waals surface area (Å²) in [4.78, 5) is 10.7. The van der Waals surface area contributed by atoms with Gasteiger partial charge in [0, 0.05) is 0 Å². The van der Waals surface area contributed by atoms with Crippen LogP contribution in [0.5, 0.6) is 0 Å². The van der Waals surface area contributed by atoms with Crippen LogP contribution in [-0.2, 0) is 11.2 Å². The predicted molar refractivity (Wildman–Crippen MR) is 58.0 cm³/mol. The molecule has 6 heteroatoms. The molecule has 0 radical (unpaired) electrons. The van der Waals surface area contributed by atoms with E-state index < -0.39 is 24.2 Å². The lowest BCUT2D eigenvalue weighted by Crippen LogP contribution is -2.20. The second kappa shape index (κ2) is 5.39. The van der Waals surface area contributed by atoms with Crippen molar-refractivity contribution in [3.63, 3.8) is 0 Å². The van der Waals surface area contributed by atoms with Gasteiger partial charge in [-0.1, -0.05) is 31.2 Å². The number of benzene rings is 1. The Morgan fingerprint density at radius 3 is 2.50 bits per heavy atom. The highest BCUT2D eigenvalue weighted by atomic mass is 19.4. The minimum Gasteiger partial charge on any atom is -0.481 e. The van der Waals surface area contributed by atoms with Gasteiger partial charge in [0.05, 0.1) is 5.92 Å². The number of alkyl halides is 3. The maximum Gasteiger partial charge on any atom is 0.418 e. The van der Waals surface area contributed by atoms with E-state index in [4.69, 9.17) is 10.2 Å². The summed E-state index contributed by atoms with van der Waals surface area (Å²) in [5.74, 6) is -1.71. The van der Waals surface area contributed by atoms with Gasteiger partial charge in [0.15, 0.2) is 6.10 Å². The molecule has 0 aliphatic heterocycles. The highest BCUT2D eigenvalue weighted by Gasteiger charge is 2.39. The summed E-state index contributed by atoms with van der Waals surface area (Å²) in [6.45, 7) is 1.47. The molecule has 0 spiro atoms. The monoisotopic (exact) mass is 262 g/mol. The average molecular weight is 262 g/mol. The van der Waals surface area contributed by atoms with E-state index in [0.717, 1.165) is 6.07 Å². The van der Waals surface area contributed by atoms with Crippen LogP contribution in [0.2, 0.25) is 0 Å². The first-order valence-corrected chi connectivity index (χ1v) is 5.28. The smallest absolute Gasteiger partial charge is 0.418 e. The largest absolute Gasteiger partial charge is 0.481 e. The first-order valence-electron chi connectivity index (χ1n) is 5.28. The van der Waals surface area contributed by atoms with Crippen molar-refractivity contribution >= 4 is 5.97 Å². The van der Waals surface area contributed by atoms with Gasteiger partial charge in [-0.25, -0.2) is 0 Å². The zero-order valence-corrected chi connectivity index (χ0v) is 9.61. The maximum atomic E-state index is 12.3. The maximum absolute atomic E-state index is 12.3. The first kappa shape index (κ1) is 14.5. The Balaban J connectivity index is 2.89. The van der Waals surface area contributed by atoms with E-state index in [1.165, 1.54) is 25.1 Å². The average Bonchev–Trinajstić information content (AvgIpc) is 2.27. The third-order valence-corrected chi connectivity index (χ3v) is 2.54. The van der Waals surface area contributed by atoms with Crippen molar-refractivity contribution in [1.82, 2.24) is 0 Å². The molecule has 0 aliphatic carbocycles. The Morgan fingerprint density at radius 1 is 1.39 bits per heavy atom. The van der Waals surface area contributed by atoms with Crippen molar-refractivity contribution in [2.24, 2.45) is 5.92 Å². The van der Waals surface area contributed by atoms with E-state index in [-0.39, 0.29) is 12.0 Å². The number of carboxylic acid groups (broad SMARTS) is 1. The summed E-state index contributed by atoms with van der Waals surface area (Å²) >= 11 is 0. The number of rotatable bonds is 4. The Kier molecular flexibility index (Phi) is 4.34. The molecule has 1 aromatic carbocycles. The van der Waals surface area contributed by atoms with Crippen LogP contribution in [-0.4, -0.2) is 22.4 Å². The Hall–Kier alpha value is -1.56. The lowest BCUT2D eigenvalue weighted by molar-refractivity contribution is -0.206. The molecule has 18 heavy (non-hydrogen) atoms. The zero-order chi connectivity index (χ0) is 13.9. The summed E-state index contributed by atoms with van der Waals surface area (Å²) in [5, 5.41) is 17.8. The number of aliphatic hydroxyl groups is 1. The third kappa shape index (κ3) is 3.73. The topological polar surface area (TPSA) is 57.5 Å². The number of aliphatic carboxylic acids is 1. The van der Waals surface area contributed by atoms with Crippen LogP contribution < -0.4 is 0 Å². The van der Waals surface area contributed by atoms with Crippen LogP contribution in [0.1, 0.15) is 24.2 Å². The molecule has 1 aromatic rings. The lowest BCUT2D eigenvalue weighted by Gasteiger charge is -2.16. The van der Waals surface area contributed by atoms with Crippen LogP contribution in [0.25, 0.3) is 0 Å². The minimum absolute atomic E-state index is 0.119. The van der Waals surface area contributed by atoms with Gasteiger partial charge in [-0.15, -0.1) is 0 Å². The quantitative estimate of drug-likeness (QED) is 0.876. The second-order valence-electron chi connectivity index (χ2n) is 4.13. The molecule has 2 atom stereocenters. The van der Waals surface area contributed by atoms with Gasteiger partial charge in [0.25, 0.3) is 0 Å². The SMILES string of the molecule is CC(Cc1cccc(C(O)C(F)(F)F)c1)C(=O)O. The van der Waals surface area contributed by atoms with Crippen LogP contribution in [0.4, 0.5) is 13.2 Å². The van der Waals surface area contributed by atoms with Crippen molar-refractivity contribution in [3.05, 3.63) is 35.4 Å². The molecule has 0 amide bonds. The van der Waals surface area contributed by atoms with Gasteiger partial charge < -0.3 is 10.2 Å². The van der Waals surface area contributed by atoms with Crippen molar-refractivity contribution in [2.75, 3.05) is 0 Å². The van der Waals surface area contributed by atoms with E-state index in [2.05, 4.69) is 0 Å². The molecule has 3 nitrogen and oxygen atoms in total. The van der Waals surface area contributed by atoms with Gasteiger partial charge in [-0.2, -0.15) is 13.2 Å². The van der Waals surface area contributed by atoms with Crippen molar-refractivity contribution in [1.29, 1.82) is 0 Å². The van der Waals surface area contributed by atoms with Crippen LogP contribution >= 0.6 is 0 Å². The van der Waals surface area contributed by atoms with Gasteiger partial charge in [-0.3, -0.25) is 4.79 Å². The Morgan fingerprint density at radius 2 is 2.00 bits per heavy atom. The number of carbonyl (C=O) groups is 1. The van der Waals surface area contributed by atoms with E-state index in [0.29, 0.717) is 5.56 Å². The molecule has 0 fully saturated rings. The number of aliphatic hydroxyl groups excluding tert-OH is 1. The molecule has 0 heterocycles. The highest BCUT2D eigenvalue weighted by molar-refractivity contribution is 5.69. The van der Waals surface area contributed by atoms with E-state index >= 15 is 0 Å². The molecule has 0 bridgehead atoms. The molecule has 2 N–H and O–H groups in total. The van der Waals surface area contributed by atoms with Gasteiger partial charge in [-0.05, 0) is 17.5 Å². The third-order valence-electron chi connectivity index (χ3n) is 2.54. The van der Waals surface area contributed by atoms with Gasteiger partial charge in [0.2, 0.25) is 0 Å². The molecular formula is C12H13F3O3. The molecule has 0 aliphatic rings. The van der Waals surface area contributed by atoms with Crippen molar-refractivity contribution in [2.45, 2.75) is 25.6 Å². The molecule has 1 rings (SSSR count). The molecule has 2 unspecified atom stereocenters. The van der Waals surface area contributed by atoms with Crippen LogP contribution in [0, 0.1) is 5.92 Å². The fourth-order valence-electron chi connectivity index (χ4n) is 1.52. The summed E-state index contributed by atoms with van der Waals surface area (Å²) in [6, 6.07) is 5.24. The second-order valence-corrected chi connectivity index (χ2v) is 4.13. The Labute approximate surface area is 102 Å². The summed E-state index contributed by atoms with van der Waals surface area (Å²) in [6.07, 6.45) is -7.15. The predicted octanol–water partition coefficient (Wildman–Crippen LogP) is 2.55. The molecule has 0 saturated carbocycles. The lowest BCUT2D eigenvalue weighted by atomic mass is 9.98. The minimum atomic E-state index is -4.73. The molecule has 0 aromatic heterocycles. The standard InChI is InChI=1S/C12H13F3O3/c1-7(11(17)18)5-8-3-2-4-9(6-8)10(16)12(13,14)15/h2-4,6-7,10,16H,5H2,1H3,(H,17,18). The van der Waals surface area contributed by atoms with E-state index in [9.17, 15) is 18.0 Å². The Bertz CT molecular complexity index is 429. The summed E-state index contributed by atoms with van der Waals surface area (Å²) < 4.78 is 36.9. The first-order chi connectivity index (χ1) is 8.21.